The fraction of sp³-hybridized carbons (Fsp3) is 0.900. The van der Waals surface area contributed by atoms with Crippen molar-refractivity contribution < 1.29 is 9.72 Å². The van der Waals surface area contributed by atoms with Gasteiger partial charge in [0.05, 0.1) is 0 Å². The van der Waals surface area contributed by atoms with E-state index in [4.69, 9.17) is 0 Å². The highest BCUT2D eigenvalue weighted by molar-refractivity contribution is 5.82. The van der Waals surface area contributed by atoms with Crippen LogP contribution in [0.15, 0.2) is 0 Å². The molecule has 2 aliphatic carbocycles. The Bertz CT molecular complexity index is 264. The molecule has 0 aromatic carbocycles. The zero-order valence-corrected chi connectivity index (χ0v) is 8.15. The van der Waals surface area contributed by atoms with Crippen LogP contribution in [0.4, 0.5) is 0 Å². The number of carbonyl (C=O) groups is 1. The van der Waals surface area contributed by atoms with Crippen molar-refractivity contribution in [2.75, 3.05) is 6.54 Å². The Morgan fingerprint density at radius 3 is 2.93 bits per heavy atom. The molecule has 0 aromatic heterocycles. The number of hydrogen-bond donors (Lipinski definition) is 0. The van der Waals surface area contributed by atoms with Crippen LogP contribution in [0.3, 0.4) is 0 Å². The number of nitrogens with zero attached hydrogens (tertiary/aromatic N) is 1. The maximum absolute atomic E-state index is 11.6. The van der Waals surface area contributed by atoms with Gasteiger partial charge in [0.25, 0.3) is 0 Å². The normalized spacial score (nSPS) is 36.9. The molecule has 2 rings (SSSR count). The van der Waals surface area contributed by atoms with Crippen LogP contribution in [0.5, 0.6) is 0 Å². The van der Waals surface area contributed by atoms with Gasteiger partial charge in [-0.2, -0.15) is 0 Å². The third-order valence-corrected chi connectivity index (χ3v) is 3.68. The Labute approximate surface area is 82.8 Å². The van der Waals surface area contributed by atoms with Gasteiger partial charge in [0.1, 0.15) is 5.78 Å². The molecule has 0 amide bonds. The van der Waals surface area contributed by atoms with Gasteiger partial charge in [-0.05, 0) is 25.2 Å². The Morgan fingerprint density at radius 2 is 2.21 bits per heavy atom. The summed E-state index contributed by atoms with van der Waals surface area (Å²) >= 11 is 0. The lowest BCUT2D eigenvalue weighted by Gasteiger charge is -2.37. The summed E-state index contributed by atoms with van der Waals surface area (Å²) in [6.45, 7) is -0.0108. The van der Waals surface area contributed by atoms with Gasteiger partial charge in [-0.25, -0.2) is 0 Å². The van der Waals surface area contributed by atoms with E-state index in [9.17, 15) is 14.9 Å². The largest absolute Gasteiger partial charge is 0.299 e. The molecule has 14 heavy (non-hydrogen) atoms. The maximum atomic E-state index is 11.6. The van der Waals surface area contributed by atoms with E-state index in [0.29, 0.717) is 12.3 Å². The first-order valence-corrected chi connectivity index (χ1v) is 5.31. The van der Waals surface area contributed by atoms with Crippen molar-refractivity contribution >= 4 is 5.78 Å². The van der Waals surface area contributed by atoms with Gasteiger partial charge in [0.15, 0.2) is 0 Å². The highest BCUT2D eigenvalue weighted by Crippen LogP contribution is 2.41. The zero-order valence-electron chi connectivity index (χ0n) is 8.15. The molecule has 2 saturated carbocycles. The lowest BCUT2D eigenvalue weighted by atomic mass is 9.66. The second kappa shape index (κ2) is 3.67. The fourth-order valence-electron chi connectivity index (χ4n) is 2.95. The van der Waals surface area contributed by atoms with Crippen molar-refractivity contribution in [3.8, 4) is 0 Å². The van der Waals surface area contributed by atoms with Crippen molar-refractivity contribution in [1.29, 1.82) is 0 Å². The van der Waals surface area contributed by atoms with Crippen LogP contribution in [0.1, 0.15) is 32.1 Å². The molecule has 0 N–H and O–H groups in total. The monoisotopic (exact) mass is 197 g/mol. The topological polar surface area (TPSA) is 60.2 Å². The Balaban J connectivity index is 2.04. The number of Topliss-reactive ketones (excluding diaryl/α,β-unsaturated/α-hetero) is 1. The van der Waals surface area contributed by atoms with Crippen LogP contribution in [-0.2, 0) is 4.79 Å². The summed E-state index contributed by atoms with van der Waals surface area (Å²) in [5.41, 5.74) is 0. The first-order valence-electron chi connectivity index (χ1n) is 5.31. The van der Waals surface area contributed by atoms with Gasteiger partial charge >= 0.3 is 0 Å². The molecule has 4 heteroatoms. The number of fused-ring (bicyclic) bond motifs is 2. The SMILES string of the molecule is O=C1C[C@H](C[N+](=O)[O-])[C@H]2CCC[C@H]1C2. The molecule has 0 unspecified atom stereocenters. The highest BCUT2D eigenvalue weighted by Gasteiger charge is 2.40. The average molecular weight is 197 g/mol. The van der Waals surface area contributed by atoms with Crippen LogP contribution in [0.25, 0.3) is 0 Å². The van der Waals surface area contributed by atoms with E-state index in [1.165, 1.54) is 0 Å². The smallest absolute Gasteiger partial charge is 0.207 e. The highest BCUT2D eigenvalue weighted by atomic mass is 16.6. The Kier molecular flexibility index (Phi) is 2.52. The standard InChI is InChI=1S/C10H15NO3/c12-10-5-9(6-11(13)14)7-2-1-3-8(10)4-7/h7-9H,1-6H2/t7-,8-,9+/m0/s1. The van der Waals surface area contributed by atoms with E-state index in [-0.39, 0.29) is 29.1 Å². The second-order valence-electron chi connectivity index (χ2n) is 4.57. The number of ketones is 1. The Hall–Kier alpha value is -0.930. The lowest BCUT2D eigenvalue weighted by molar-refractivity contribution is -0.490. The first kappa shape index (κ1) is 9.62. The minimum absolute atomic E-state index is 0.0108. The van der Waals surface area contributed by atoms with Gasteiger partial charge in [-0.3, -0.25) is 14.9 Å². The van der Waals surface area contributed by atoms with Crippen LogP contribution in [-0.4, -0.2) is 17.3 Å². The van der Waals surface area contributed by atoms with Gasteiger partial charge < -0.3 is 0 Å². The summed E-state index contributed by atoms with van der Waals surface area (Å²) in [6.07, 6.45) is 4.55. The number of rotatable bonds is 2. The van der Waals surface area contributed by atoms with E-state index >= 15 is 0 Å². The van der Waals surface area contributed by atoms with E-state index in [2.05, 4.69) is 0 Å². The molecule has 2 aliphatic rings. The summed E-state index contributed by atoms with van der Waals surface area (Å²) < 4.78 is 0. The minimum Gasteiger partial charge on any atom is -0.299 e. The molecular weight excluding hydrogens is 182 g/mol. The molecule has 0 heterocycles. The number of carbonyl (C=O) groups excluding carboxylic acids is 1. The van der Waals surface area contributed by atoms with Gasteiger partial charge in [-0.1, -0.05) is 6.42 Å². The first-order chi connectivity index (χ1) is 6.66. The predicted molar refractivity (Wildman–Crippen MR) is 50.4 cm³/mol. The quantitative estimate of drug-likeness (QED) is 0.499. The van der Waals surface area contributed by atoms with E-state index in [0.717, 1.165) is 25.7 Å². The molecule has 2 fully saturated rings. The second-order valence-corrected chi connectivity index (χ2v) is 4.57. The molecule has 0 saturated heterocycles. The molecule has 78 valence electrons. The Morgan fingerprint density at radius 1 is 1.43 bits per heavy atom. The lowest BCUT2D eigenvalue weighted by Crippen LogP contribution is -2.38. The fourth-order valence-corrected chi connectivity index (χ4v) is 2.95. The van der Waals surface area contributed by atoms with Gasteiger partial charge in [-0.15, -0.1) is 0 Å². The molecule has 0 aromatic rings. The summed E-state index contributed by atoms with van der Waals surface area (Å²) in [4.78, 5) is 21.7. The van der Waals surface area contributed by atoms with Gasteiger partial charge in [0.2, 0.25) is 6.54 Å². The molecule has 0 aliphatic heterocycles. The molecular formula is C10H15NO3. The van der Waals surface area contributed by atoms with Crippen molar-refractivity contribution in [1.82, 2.24) is 0 Å². The molecule has 3 atom stereocenters. The molecule has 4 nitrogen and oxygen atoms in total. The van der Waals surface area contributed by atoms with Gasteiger partial charge in [0, 0.05) is 23.2 Å². The maximum Gasteiger partial charge on any atom is 0.207 e. The minimum atomic E-state index is -0.271. The number of nitro groups is 1. The van der Waals surface area contributed by atoms with Crippen LogP contribution < -0.4 is 0 Å². The average Bonchev–Trinajstić information content (AvgIpc) is 2.14. The summed E-state index contributed by atoms with van der Waals surface area (Å²) in [7, 11) is 0. The van der Waals surface area contributed by atoms with Crippen molar-refractivity contribution in [2.24, 2.45) is 17.8 Å². The summed E-state index contributed by atoms with van der Waals surface area (Å²) in [5.74, 6) is 0.968. The zero-order chi connectivity index (χ0) is 10.1. The van der Waals surface area contributed by atoms with Crippen LogP contribution in [0, 0.1) is 27.9 Å². The summed E-state index contributed by atoms with van der Waals surface area (Å²) in [5, 5.41) is 10.4. The van der Waals surface area contributed by atoms with Crippen molar-refractivity contribution in [2.45, 2.75) is 32.1 Å². The third kappa shape index (κ3) is 1.79. The van der Waals surface area contributed by atoms with Crippen LogP contribution >= 0.6 is 0 Å². The number of hydrogen-bond acceptors (Lipinski definition) is 3. The van der Waals surface area contributed by atoms with Crippen molar-refractivity contribution in [3.63, 3.8) is 0 Å². The van der Waals surface area contributed by atoms with Crippen molar-refractivity contribution in [3.05, 3.63) is 10.1 Å². The molecule has 0 spiro atoms. The van der Waals surface area contributed by atoms with E-state index < -0.39 is 0 Å². The van der Waals surface area contributed by atoms with Crippen LogP contribution in [0.2, 0.25) is 0 Å². The predicted octanol–water partition coefficient (Wildman–Crippen LogP) is 1.66. The molecule has 2 bridgehead atoms. The molecule has 0 radical (unpaired) electrons. The summed E-state index contributed by atoms with van der Waals surface area (Å²) in [6, 6.07) is 0. The third-order valence-electron chi connectivity index (χ3n) is 3.68. The van der Waals surface area contributed by atoms with E-state index in [1.807, 2.05) is 0 Å². The van der Waals surface area contributed by atoms with E-state index in [1.54, 1.807) is 0 Å².